The lowest BCUT2D eigenvalue weighted by Gasteiger charge is -2.34. The number of hydrogen-bond acceptors (Lipinski definition) is 8. The highest BCUT2D eigenvalue weighted by Crippen LogP contribution is 2.29. The van der Waals surface area contributed by atoms with Crippen LogP contribution >= 0.6 is 23.2 Å². The molecule has 0 radical (unpaired) electrons. The Morgan fingerprint density at radius 3 is 2.68 bits per heavy atom. The lowest BCUT2D eigenvalue weighted by Crippen LogP contribution is -2.46. The van der Waals surface area contributed by atoms with E-state index in [1.54, 1.807) is 37.7 Å². The maximum Gasteiger partial charge on any atom is 0.249 e. The van der Waals surface area contributed by atoms with Gasteiger partial charge in [-0.25, -0.2) is 0 Å². The van der Waals surface area contributed by atoms with Crippen molar-refractivity contribution >= 4 is 29.0 Å². The van der Waals surface area contributed by atoms with Gasteiger partial charge in [0.25, 0.3) is 0 Å². The molecule has 1 aliphatic rings. The van der Waals surface area contributed by atoms with E-state index >= 15 is 0 Å². The number of rotatable bonds is 5. The van der Waals surface area contributed by atoms with Crippen LogP contribution in [0.2, 0.25) is 10.0 Å². The molecule has 0 bridgehead atoms. The summed E-state index contributed by atoms with van der Waals surface area (Å²) in [6.07, 6.45) is 3.35. The van der Waals surface area contributed by atoms with Crippen molar-refractivity contribution in [3.8, 4) is 17.3 Å². The molecule has 0 atom stereocenters. The van der Waals surface area contributed by atoms with E-state index in [2.05, 4.69) is 30.0 Å². The zero-order valence-electron chi connectivity index (χ0n) is 15.2. The summed E-state index contributed by atoms with van der Waals surface area (Å²) < 4.78 is 10.9. The third kappa shape index (κ3) is 4.19. The molecule has 0 spiro atoms. The maximum atomic E-state index is 6.21. The Morgan fingerprint density at radius 1 is 1.11 bits per heavy atom. The van der Waals surface area contributed by atoms with Crippen LogP contribution in [-0.4, -0.2) is 58.4 Å². The van der Waals surface area contributed by atoms with Gasteiger partial charge in [0.05, 0.1) is 36.6 Å². The smallest absolute Gasteiger partial charge is 0.249 e. The SMILES string of the molecule is COc1cncc(N2CCN(Cc3nnc(-c4ccc(Cl)cc4Cl)o3)CC2)n1. The average Bonchev–Trinajstić information content (AvgIpc) is 3.16. The van der Waals surface area contributed by atoms with Crippen LogP contribution in [0.4, 0.5) is 5.82 Å². The maximum absolute atomic E-state index is 6.21. The van der Waals surface area contributed by atoms with Crippen LogP contribution in [0.5, 0.6) is 5.88 Å². The van der Waals surface area contributed by atoms with Gasteiger partial charge in [-0.2, -0.15) is 4.98 Å². The number of nitrogens with zero attached hydrogens (tertiary/aromatic N) is 6. The Bertz CT molecular complexity index is 959. The minimum absolute atomic E-state index is 0.391. The summed E-state index contributed by atoms with van der Waals surface area (Å²) in [4.78, 5) is 13.0. The van der Waals surface area contributed by atoms with E-state index in [1.807, 2.05) is 0 Å². The number of ether oxygens (including phenoxy) is 1. The van der Waals surface area contributed by atoms with Crippen LogP contribution in [0.1, 0.15) is 5.89 Å². The van der Waals surface area contributed by atoms with Crippen molar-refractivity contribution in [3.05, 3.63) is 46.5 Å². The zero-order chi connectivity index (χ0) is 19.5. The molecule has 0 unspecified atom stereocenters. The predicted molar refractivity (Wildman–Crippen MR) is 106 cm³/mol. The quantitative estimate of drug-likeness (QED) is 0.622. The molecule has 3 heterocycles. The fourth-order valence-electron chi connectivity index (χ4n) is 3.00. The highest BCUT2D eigenvalue weighted by atomic mass is 35.5. The molecule has 0 saturated carbocycles. The summed E-state index contributed by atoms with van der Waals surface area (Å²) in [6.45, 7) is 3.92. The van der Waals surface area contributed by atoms with E-state index in [9.17, 15) is 0 Å². The highest BCUT2D eigenvalue weighted by Gasteiger charge is 2.21. The number of methoxy groups -OCH3 is 1. The van der Waals surface area contributed by atoms with Crippen LogP contribution in [0.25, 0.3) is 11.5 Å². The van der Waals surface area contributed by atoms with Gasteiger partial charge in [0, 0.05) is 31.2 Å². The Labute approximate surface area is 172 Å². The van der Waals surface area contributed by atoms with Gasteiger partial charge in [-0.3, -0.25) is 9.88 Å². The standard InChI is InChI=1S/C18H18Cl2N6O2/c1-27-16-10-21-9-15(22-16)26-6-4-25(5-7-26)11-17-23-24-18(28-17)13-3-2-12(19)8-14(13)20/h2-3,8-10H,4-7,11H2,1H3. The summed E-state index contributed by atoms with van der Waals surface area (Å²) in [5, 5.41) is 9.30. The van der Waals surface area contributed by atoms with E-state index in [0.29, 0.717) is 39.8 Å². The third-order valence-corrected chi connectivity index (χ3v) is 5.04. The molecule has 2 aromatic heterocycles. The summed E-state index contributed by atoms with van der Waals surface area (Å²) in [5.74, 6) is 2.27. The Morgan fingerprint density at radius 2 is 1.93 bits per heavy atom. The predicted octanol–water partition coefficient (Wildman–Crippen LogP) is 3.16. The van der Waals surface area contributed by atoms with Crippen molar-refractivity contribution in [1.29, 1.82) is 0 Å². The molecule has 4 rings (SSSR count). The Balaban J connectivity index is 1.37. The minimum Gasteiger partial charge on any atom is -0.480 e. The van der Waals surface area contributed by atoms with Crippen molar-refractivity contribution in [2.24, 2.45) is 0 Å². The van der Waals surface area contributed by atoms with Crippen LogP contribution in [0.3, 0.4) is 0 Å². The van der Waals surface area contributed by atoms with Crippen molar-refractivity contribution in [1.82, 2.24) is 25.1 Å². The first-order valence-electron chi connectivity index (χ1n) is 8.73. The normalized spacial score (nSPS) is 15.0. The topological polar surface area (TPSA) is 80.4 Å². The summed E-state index contributed by atoms with van der Waals surface area (Å²) in [7, 11) is 1.58. The fourth-order valence-corrected chi connectivity index (χ4v) is 3.49. The zero-order valence-corrected chi connectivity index (χ0v) is 16.7. The molecule has 1 fully saturated rings. The molecule has 8 nitrogen and oxygen atoms in total. The fraction of sp³-hybridized carbons (Fsp3) is 0.333. The second-order valence-corrected chi connectivity index (χ2v) is 7.15. The number of halogens is 2. The van der Waals surface area contributed by atoms with Crippen LogP contribution in [0, 0.1) is 0 Å². The first kappa shape index (κ1) is 18.9. The van der Waals surface area contributed by atoms with E-state index in [0.717, 1.165) is 32.0 Å². The van der Waals surface area contributed by atoms with Gasteiger partial charge in [-0.05, 0) is 18.2 Å². The van der Waals surface area contributed by atoms with Gasteiger partial charge in [0.2, 0.25) is 17.7 Å². The van der Waals surface area contributed by atoms with Crippen LogP contribution < -0.4 is 9.64 Å². The van der Waals surface area contributed by atoms with Gasteiger partial charge in [0.1, 0.15) is 0 Å². The number of aromatic nitrogens is 4. The number of piperazine rings is 1. The van der Waals surface area contributed by atoms with Crippen LogP contribution in [0.15, 0.2) is 35.0 Å². The lowest BCUT2D eigenvalue weighted by atomic mass is 10.2. The van der Waals surface area contributed by atoms with Gasteiger partial charge in [-0.15, -0.1) is 10.2 Å². The highest BCUT2D eigenvalue weighted by molar-refractivity contribution is 6.36. The first-order valence-corrected chi connectivity index (χ1v) is 9.49. The molecule has 0 aliphatic carbocycles. The van der Waals surface area contributed by atoms with Crippen molar-refractivity contribution in [2.45, 2.75) is 6.54 Å². The molecule has 1 aliphatic heterocycles. The van der Waals surface area contributed by atoms with E-state index in [4.69, 9.17) is 32.4 Å². The van der Waals surface area contributed by atoms with Crippen molar-refractivity contribution < 1.29 is 9.15 Å². The molecule has 1 aromatic carbocycles. The van der Waals surface area contributed by atoms with Crippen molar-refractivity contribution in [2.75, 3.05) is 38.2 Å². The molecule has 3 aromatic rings. The van der Waals surface area contributed by atoms with Gasteiger partial charge < -0.3 is 14.1 Å². The van der Waals surface area contributed by atoms with Crippen LogP contribution in [-0.2, 0) is 6.54 Å². The summed E-state index contributed by atoms with van der Waals surface area (Å²) in [6, 6.07) is 5.17. The van der Waals surface area contributed by atoms with E-state index in [-0.39, 0.29) is 0 Å². The Kier molecular flexibility index (Phi) is 5.61. The molecule has 28 heavy (non-hydrogen) atoms. The van der Waals surface area contributed by atoms with E-state index < -0.39 is 0 Å². The van der Waals surface area contributed by atoms with Gasteiger partial charge >= 0.3 is 0 Å². The first-order chi connectivity index (χ1) is 13.6. The largest absolute Gasteiger partial charge is 0.480 e. The Hall–Kier alpha value is -2.42. The molecule has 0 amide bonds. The second-order valence-electron chi connectivity index (χ2n) is 6.31. The number of benzene rings is 1. The monoisotopic (exact) mass is 420 g/mol. The summed E-state index contributed by atoms with van der Waals surface area (Å²) >= 11 is 12.1. The third-order valence-electron chi connectivity index (χ3n) is 4.49. The molecule has 0 N–H and O–H groups in total. The average molecular weight is 421 g/mol. The molecule has 10 heteroatoms. The van der Waals surface area contributed by atoms with Gasteiger partial charge in [0.15, 0.2) is 5.82 Å². The second kappa shape index (κ2) is 8.30. The molecular formula is C18H18Cl2N6O2. The molecule has 1 saturated heterocycles. The van der Waals surface area contributed by atoms with E-state index in [1.165, 1.54) is 0 Å². The van der Waals surface area contributed by atoms with Crippen molar-refractivity contribution in [3.63, 3.8) is 0 Å². The number of anilines is 1. The summed E-state index contributed by atoms with van der Waals surface area (Å²) in [5.41, 5.74) is 0.672. The molecule has 146 valence electrons. The molecular weight excluding hydrogens is 403 g/mol. The lowest BCUT2D eigenvalue weighted by molar-refractivity contribution is 0.226. The number of hydrogen-bond donors (Lipinski definition) is 0. The minimum atomic E-state index is 0.391. The van der Waals surface area contributed by atoms with Gasteiger partial charge in [-0.1, -0.05) is 23.2 Å².